The van der Waals surface area contributed by atoms with Gasteiger partial charge >= 0.3 is 0 Å². The van der Waals surface area contributed by atoms with Crippen LogP contribution >= 0.6 is 22.6 Å². The van der Waals surface area contributed by atoms with E-state index in [4.69, 9.17) is 4.74 Å². The molecule has 0 fully saturated rings. The molecule has 8 heteroatoms. The summed E-state index contributed by atoms with van der Waals surface area (Å²) in [6.45, 7) is 2.78. The molecule has 0 aliphatic heterocycles. The Hall–Kier alpha value is -2.88. The molecule has 6 nitrogen and oxygen atoms in total. The van der Waals surface area contributed by atoms with Gasteiger partial charge in [-0.25, -0.2) is 14.4 Å². The first-order valence-corrected chi connectivity index (χ1v) is 10.1. The number of rotatable bonds is 6. The van der Waals surface area contributed by atoms with Gasteiger partial charge in [-0.15, -0.1) is 0 Å². The van der Waals surface area contributed by atoms with E-state index in [2.05, 4.69) is 47.8 Å². The predicted octanol–water partition coefficient (Wildman–Crippen LogP) is 4.84. The topological polar surface area (TPSA) is 72.8 Å². The van der Waals surface area contributed by atoms with Gasteiger partial charge in [0.15, 0.2) is 11.2 Å². The lowest BCUT2D eigenvalue weighted by Crippen LogP contribution is -2.07. The summed E-state index contributed by atoms with van der Waals surface area (Å²) < 4.78 is 19.9. The van der Waals surface area contributed by atoms with Crippen LogP contribution in [-0.2, 0) is 6.54 Å². The van der Waals surface area contributed by atoms with E-state index in [-0.39, 0.29) is 5.82 Å². The Kier molecular flexibility index (Phi) is 5.79. The second-order valence-electron chi connectivity index (χ2n) is 6.20. The quantitative estimate of drug-likeness (QED) is 0.382. The number of halogens is 2. The SMILES string of the molecule is CCOc1nc(NCc2ccc(F)cc2)nc2ncc(-c3ccc(I)cc3)nc12. The number of nitrogens with one attached hydrogen (secondary N) is 1. The van der Waals surface area contributed by atoms with E-state index in [1.54, 1.807) is 18.3 Å². The summed E-state index contributed by atoms with van der Waals surface area (Å²) in [6, 6.07) is 14.3. The Labute approximate surface area is 180 Å². The van der Waals surface area contributed by atoms with Crippen molar-refractivity contribution in [1.82, 2.24) is 19.9 Å². The molecule has 29 heavy (non-hydrogen) atoms. The van der Waals surface area contributed by atoms with E-state index in [9.17, 15) is 4.39 Å². The number of benzene rings is 2. The van der Waals surface area contributed by atoms with Gasteiger partial charge in [0.05, 0.1) is 18.5 Å². The highest BCUT2D eigenvalue weighted by molar-refractivity contribution is 14.1. The molecule has 0 saturated heterocycles. The van der Waals surface area contributed by atoms with E-state index >= 15 is 0 Å². The first kappa shape index (κ1) is 19.4. The molecule has 0 unspecified atom stereocenters. The van der Waals surface area contributed by atoms with Gasteiger partial charge in [0.25, 0.3) is 0 Å². The molecule has 4 rings (SSSR count). The molecule has 0 atom stereocenters. The molecule has 0 saturated carbocycles. The van der Waals surface area contributed by atoms with Gasteiger partial charge in [0, 0.05) is 15.7 Å². The first-order valence-electron chi connectivity index (χ1n) is 9.04. The minimum absolute atomic E-state index is 0.270. The zero-order chi connectivity index (χ0) is 20.2. The molecule has 1 N–H and O–H groups in total. The first-order chi connectivity index (χ1) is 14.1. The van der Waals surface area contributed by atoms with Crippen LogP contribution in [0.2, 0.25) is 0 Å². The average molecular weight is 501 g/mol. The highest BCUT2D eigenvalue weighted by Gasteiger charge is 2.13. The van der Waals surface area contributed by atoms with E-state index in [0.29, 0.717) is 36.1 Å². The van der Waals surface area contributed by atoms with Crippen LogP contribution in [0.15, 0.2) is 54.7 Å². The maximum Gasteiger partial charge on any atom is 0.247 e. The van der Waals surface area contributed by atoms with E-state index in [0.717, 1.165) is 20.4 Å². The molecular weight excluding hydrogens is 484 g/mol. The van der Waals surface area contributed by atoms with E-state index in [1.807, 2.05) is 31.2 Å². The summed E-state index contributed by atoms with van der Waals surface area (Å²) >= 11 is 2.26. The molecule has 146 valence electrons. The van der Waals surface area contributed by atoms with Crippen LogP contribution in [0.1, 0.15) is 12.5 Å². The number of hydrogen-bond acceptors (Lipinski definition) is 6. The van der Waals surface area contributed by atoms with Crippen molar-refractivity contribution < 1.29 is 9.13 Å². The molecule has 0 amide bonds. The summed E-state index contributed by atoms with van der Waals surface area (Å²) in [4.78, 5) is 18.0. The van der Waals surface area contributed by atoms with E-state index < -0.39 is 0 Å². The zero-order valence-electron chi connectivity index (χ0n) is 15.6. The second-order valence-corrected chi connectivity index (χ2v) is 7.45. The molecule has 0 aliphatic carbocycles. The van der Waals surface area contributed by atoms with Crippen LogP contribution in [-0.4, -0.2) is 26.5 Å². The monoisotopic (exact) mass is 501 g/mol. The van der Waals surface area contributed by atoms with Crippen molar-refractivity contribution in [2.24, 2.45) is 0 Å². The van der Waals surface area contributed by atoms with Gasteiger partial charge in [-0.2, -0.15) is 9.97 Å². The number of nitrogens with zero attached hydrogens (tertiary/aromatic N) is 4. The highest BCUT2D eigenvalue weighted by atomic mass is 127. The number of anilines is 1. The Balaban J connectivity index is 1.66. The zero-order valence-corrected chi connectivity index (χ0v) is 17.7. The Bertz CT molecular complexity index is 1140. The molecule has 0 bridgehead atoms. The third kappa shape index (κ3) is 4.58. The van der Waals surface area contributed by atoms with Gasteiger partial charge in [0.2, 0.25) is 11.8 Å². The lowest BCUT2D eigenvalue weighted by atomic mass is 10.2. The van der Waals surface area contributed by atoms with Gasteiger partial charge in [-0.3, -0.25) is 0 Å². The molecule has 0 aliphatic rings. The van der Waals surface area contributed by atoms with Crippen molar-refractivity contribution >= 4 is 39.7 Å². The van der Waals surface area contributed by atoms with Gasteiger partial charge < -0.3 is 10.1 Å². The van der Waals surface area contributed by atoms with Crippen molar-refractivity contribution in [2.75, 3.05) is 11.9 Å². The molecular formula is C21H17FIN5O. The van der Waals surface area contributed by atoms with Crippen LogP contribution < -0.4 is 10.1 Å². The van der Waals surface area contributed by atoms with Gasteiger partial charge in [0.1, 0.15) is 5.82 Å². The standard InChI is InChI=1S/C21H17FIN5O/c1-2-29-20-18-19(24-12-17(26-18)14-5-9-16(23)10-6-14)27-21(28-20)25-11-13-3-7-15(22)8-4-13/h3-10,12H,2,11H2,1H3,(H,24,25,27,28). The number of hydrogen-bond donors (Lipinski definition) is 1. The minimum atomic E-state index is -0.270. The minimum Gasteiger partial charge on any atom is -0.476 e. The lowest BCUT2D eigenvalue weighted by Gasteiger charge is -2.10. The maximum absolute atomic E-state index is 13.1. The van der Waals surface area contributed by atoms with Crippen LogP contribution in [0.4, 0.5) is 10.3 Å². The largest absolute Gasteiger partial charge is 0.476 e. The van der Waals surface area contributed by atoms with Crippen molar-refractivity contribution in [1.29, 1.82) is 0 Å². The fraction of sp³-hybridized carbons (Fsp3) is 0.143. The fourth-order valence-corrected chi connectivity index (χ4v) is 3.10. The summed E-state index contributed by atoms with van der Waals surface area (Å²) in [6.07, 6.45) is 1.69. The van der Waals surface area contributed by atoms with Crippen molar-refractivity contribution in [3.05, 3.63) is 69.7 Å². The van der Waals surface area contributed by atoms with Gasteiger partial charge in [-0.05, 0) is 59.3 Å². The number of ether oxygens (including phenoxy) is 1. The maximum atomic E-state index is 13.1. The average Bonchev–Trinajstić information content (AvgIpc) is 2.74. The van der Waals surface area contributed by atoms with Crippen LogP contribution in [0.25, 0.3) is 22.4 Å². The number of aromatic nitrogens is 4. The van der Waals surface area contributed by atoms with Crippen LogP contribution in [0.3, 0.4) is 0 Å². The summed E-state index contributed by atoms with van der Waals surface area (Å²) in [5.41, 5.74) is 3.55. The van der Waals surface area contributed by atoms with Crippen LogP contribution in [0.5, 0.6) is 5.88 Å². The molecule has 0 radical (unpaired) electrons. The predicted molar refractivity (Wildman–Crippen MR) is 118 cm³/mol. The summed E-state index contributed by atoms with van der Waals surface area (Å²) in [7, 11) is 0. The smallest absolute Gasteiger partial charge is 0.247 e. The molecule has 2 aromatic carbocycles. The van der Waals surface area contributed by atoms with Crippen molar-refractivity contribution in [3.8, 4) is 17.1 Å². The molecule has 0 spiro atoms. The lowest BCUT2D eigenvalue weighted by molar-refractivity contribution is 0.330. The molecule has 2 heterocycles. The second kappa shape index (κ2) is 8.64. The van der Waals surface area contributed by atoms with Crippen LogP contribution in [0, 0.1) is 9.39 Å². The molecule has 4 aromatic rings. The van der Waals surface area contributed by atoms with Crippen molar-refractivity contribution in [3.63, 3.8) is 0 Å². The highest BCUT2D eigenvalue weighted by Crippen LogP contribution is 2.25. The fourth-order valence-electron chi connectivity index (χ4n) is 2.74. The van der Waals surface area contributed by atoms with Gasteiger partial charge in [-0.1, -0.05) is 24.3 Å². The Morgan fingerprint density at radius 2 is 1.76 bits per heavy atom. The normalized spacial score (nSPS) is 10.9. The summed E-state index contributed by atoms with van der Waals surface area (Å²) in [5, 5.41) is 3.13. The number of fused-ring (bicyclic) bond motifs is 1. The van der Waals surface area contributed by atoms with Crippen molar-refractivity contribution in [2.45, 2.75) is 13.5 Å². The third-order valence-corrected chi connectivity index (χ3v) is 4.88. The Morgan fingerprint density at radius 1 is 1.00 bits per heavy atom. The van der Waals surface area contributed by atoms with E-state index in [1.165, 1.54) is 12.1 Å². The third-order valence-electron chi connectivity index (χ3n) is 4.16. The molecule has 2 aromatic heterocycles. The Morgan fingerprint density at radius 3 is 2.48 bits per heavy atom. The summed E-state index contributed by atoms with van der Waals surface area (Å²) in [5.74, 6) is 0.481.